The summed E-state index contributed by atoms with van der Waals surface area (Å²) in [6.45, 7) is 0. The van der Waals surface area contributed by atoms with Crippen LogP contribution in [0.25, 0.3) is 0 Å². The highest BCUT2D eigenvalue weighted by Crippen LogP contribution is 2.46. The summed E-state index contributed by atoms with van der Waals surface area (Å²) >= 11 is 0. The quantitative estimate of drug-likeness (QED) is 0.822. The van der Waals surface area contributed by atoms with E-state index in [4.69, 9.17) is 5.73 Å². The highest BCUT2D eigenvalue weighted by molar-refractivity contribution is 7.90. The van der Waals surface area contributed by atoms with E-state index in [1.54, 1.807) is 0 Å². The molecule has 0 aromatic rings. The molecule has 2 unspecified atom stereocenters. The first-order chi connectivity index (χ1) is 7.88. The van der Waals surface area contributed by atoms with E-state index >= 15 is 0 Å². The molecule has 0 spiro atoms. The molecule has 2 N–H and O–H groups in total. The molecule has 3 nitrogen and oxygen atoms in total. The topological polar surface area (TPSA) is 60.2 Å². The minimum absolute atomic E-state index is 0.0732. The summed E-state index contributed by atoms with van der Waals surface area (Å²) < 4.78 is 22.2. The zero-order valence-electron chi connectivity index (χ0n) is 10.8. The summed E-state index contributed by atoms with van der Waals surface area (Å²) in [4.78, 5) is 0. The van der Waals surface area contributed by atoms with Crippen molar-refractivity contribution >= 4 is 9.84 Å². The molecular formula is C13H25NO2S. The molecule has 2 aliphatic carbocycles. The van der Waals surface area contributed by atoms with Gasteiger partial charge in [0, 0.05) is 17.5 Å². The van der Waals surface area contributed by atoms with Crippen molar-refractivity contribution in [3.8, 4) is 0 Å². The van der Waals surface area contributed by atoms with Gasteiger partial charge in [0.25, 0.3) is 0 Å². The van der Waals surface area contributed by atoms with Crippen molar-refractivity contribution in [3.63, 3.8) is 0 Å². The van der Waals surface area contributed by atoms with Gasteiger partial charge in [0.1, 0.15) is 9.84 Å². The maximum atomic E-state index is 11.1. The van der Waals surface area contributed by atoms with Crippen LogP contribution in [0.15, 0.2) is 0 Å². The van der Waals surface area contributed by atoms with Gasteiger partial charge in [-0.25, -0.2) is 8.42 Å². The minimum Gasteiger partial charge on any atom is -0.325 e. The lowest BCUT2D eigenvalue weighted by Gasteiger charge is -2.38. The fourth-order valence-corrected chi connectivity index (χ4v) is 3.99. The summed E-state index contributed by atoms with van der Waals surface area (Å²) in [7, 11) is -2.82. The van der Waals surface area contributed by atoms with Gasteiger partial charge in [-0.05, 0) is 50.4 Å². The average molecular weight is 259 g/mol. The Morgan fingerprint density at radius 2 is 1.94 bits per heavy atom. The molecule has 2 rings (SSSR count). The Kier molecular flexibility index (Phi) is 3.83. The average Bonchev–Trinajstić information content (AvgIpc) is 2.97. The maximum Gasteiger partial charge on any atom is 0.147 e. The second-order valence-electron chi connectivity index (χ2n) is 6.29. The van der Waals surface area contributed by atoms with Gasteiger partial charge in [-0.15, -0.1) is 0 Å². The number of sulfone groups is 1. The van der Waals surface area contributed by atoms with Gasteiger partial charge in [0.15, 0.2) is 0 Å². The molecule has 4 heteroatoms. The largest absolute Gasteiger partial charge is 0.325 e. The first-order valence-electron chi connectivity index (χ1n) is 6.85. The van der Waals surface area contributed by atoms with Crippen molar-refractivity contribution in [2.75, 3.05) is 12.0 Å². The van der Waals surface area contributed by atoms with Crippen LogP contribution in [0.1, 0.15) is 51.4 Å². The Morgan fingerprint density at radius 1 is 1.24 bits per heavy atom. The van der Waals surface area contributed by atoms with E-state index in [1.807, 2.05) is 0 Å². The Balaban J connectivity index is 1.80. The van der Waals surface area contributed by atoms with Crippen molar-refractivity contribution in [2.45, 2.75) is 56.9 Å². The van der Waals surface area contributed by atoms with Crippen LogP contribution in [-0.2, 0) is 9.84 Å². The molecule has 2 atom stereocenters. The van der Waals surface area contributed by atoms with Crippen LogP contribution in [0, 0.1) is 11.8 Å². The molecule has 0 bridgehead atoms. The number of nitrogens with two attached hydrogens (primary N) is 1. The fourth-order valence-electron chi connectivity index (χ4n) is 3.33. The van der Waals surface area contributed by atoms with E-state index in [0.29, 0.717) is 5.75 Å². The molecule has 2 saturated carbocycles. The molecule has 0 radical (unpaired) electrons. The molecule has 0 saturated heterocycles. The van der Waals surface area contributed by atoms with Crippen LogP contribution in [0.5, 0.6) is 0 Å². The summed E-state index contributed by atoms with van der Waals surface area (Å²) in [5.74, 6) is 2.06. The molecule has 0 aliphatic heterocycles. The highest BCUT2D eigenvalue weighted by Gasteiger charge is 2.39. The van der Waals surface area contributed by atoms with Crippen molar-refractivity contribution in [1.82, 2.24) is 0 Å². The maximum absolute atomic E-state index is 11.1. The number of hydrogen-bond donors (Lipinski definition) is 1. The van der Waals surface area contributed by atoms with E-state index in [-0.39, 0.29) is 5.54 Å². The van der Waals surface area contributed by atoms with Crippen molar-refractivity contribution in [1.29, 1.82) is 0 Å². The lowest BCUT2D eigenvalue weighted by molar-refractivity contribution is 0.194. The minimum atomic E-state index is -2.82. The van der Waals surface area contributed by atoms with Crippen LogP contribution < -0.4 is 5.73 Å². The van der Waals surface area contributed by atoms with Gasteiger partial charge in [-0.3, -0.25) is 0 Å². The van der Waals surface area contributed by atoms with E-state index < -0.39 is 9.84 Å². The van der Waals surface area contributed by atoms with Crippen molar-refractivity contribution < 1.29 is 8.42 Å². The zero-order valence-corrected chi connectivity index (χ0v) is 11.6. The van der Waals surface area contributed by atoms with Crippen molar-refractivity contribution in [2.24, 2.45) is 17.6 Å². The van der Waals surface area contributed by atoms with E-state index in [0.717, 1.165) is 37.5 Å². The first-order valence-corrected chi connectivity index (χ1v) is 8.91. The molecule has 0 amide bonds. The molecule has 0 aromatic heterocycles. The summed E-state index contributed by atoms with van der Waals surface area (Å²) in [6, 6.07) is 0. The van der Waals surface area contributed by atoms with Gasteiger partial charge in [0.05, 0.1) is 0 Å². The lowest BCUT2D eigenvalue weighted by Crippen LogP contribution is -2.44. The third-order valence-electron chi connectivity index (χ3n) is 4.40. The van der Waals surface area contributed by atoms with Gasteiger partial charge in [-0.1, -0.05) is 12.8 Å². The molecular weight excluding hydrogens is 234 g/mol. The van der Waals surface area contributed by atoms with Crippen molar-refractivity contribution in [3.05, 3.63) is 0 Å². The predicted molar refractivity (Wildman–Crippen MR) is 70.5 cm³/mol. The smallest absolute Gasteiger partial charge is 0.147 e. The molecule has 2 aliphatic rings. The SMILES string of the molecule is CS(=O)(=O)CCCC1(N)CCCC(C2CC2)C1. The van der Waals surface area contributed by atoms with Crippen LogP contribution >= 0.6 is 0 Å². The Hall–Kier alpha value is -0.0900. The second-order valence-corrected chi connectivity index (χ2v) is 8.55. The number of rotatable bonds is 5. The standard InChI is InChI=1S/C13H25NO2S/c1-17(15,16)9-3-8-13(14)7-2-4-12(10-13)11-5-6-11/h11-12H,2-10,14H2,1H3. The lowest BCUT2D eigenvalue weighted by atomic mass is 9.72. The monoisotopic (exact) mass is 259 g/mol. The summed E-state index contributed by atoms with van der Waals surface area (Å²) in [5, 5.41) is 0. The van der Waals surface area contributed by atoms with Gasteiger partial charge in [0.2, 0.25) is 0 Å². The molecule has 100 valence electrons. The van der Waals surface area contributed by atoms with Crippen LogP contribution in [0.4, 0.5) is 0 Å². The molecule has 0 heterocycles. The number of hydrogen-bond acceptors (Lipinski definition) is 3. The molecule has 2 fully saturated rings. The fraction of sp³-hybridized carbons (Fsp3) is 1.00. The molecule has 0 aromatic carbocycles. The van der Waals surface area contributed by atoms with E-state index in [2.05, 4.69) is 0 Å². The van der Waals surface area contributed by atoms with Gasteiger partial charge >= 0.3 is 0 Å². The third kappa shape index (κ3) is 4.25. The van der Waals surface area contributed by atoms with Gasteiger partial charge in [-0.2, -0.15) is 0 Å². The van der Waals surface area contributed by atoms with Crippen LogP contribution in [0.3, 0.4) is 0 Å². The zero-order chi connectivity index (χ0) is 12.5. The summed E-state index contributed by atoms with van der Waals surface area (Å²) in [6.07, 6.45) is 10.5. The Morgan fingerprint density at radius 3 is 2.53 bits per heavy atom. The van der Waals surface area contributed by atoms with E-state index in [9.17, 15) is 8.42 Å². The molecule has 17 heavy (non-hydrogen) atoms. The van der Waals surface area contributed by atoms with Crippen LogP contribution in [-0.4, -0.2) is 26.0 Å². The predicted octanol–water partition coefficient (Wildman–Crippen LogP) is 2.11. The van der Waals surface area contributed by atoms with Gasteiger partial charge < -0.3 is 5.73 Å². The summed E-state index contributed by atoms with van der Waals surface area (Å²) in [5.41, 5.74) is 6.38. The normalized spacial score (nSPS) is 34.8. The van der Waals surface area contributed by atoms with Crippen LogP contribution in [0.2, 0.25) is 0 Å². The first kappa shape index (κ1) is 13.3. The highest BCUT2D eigenvalue weighted by atomic mass is 32.2. The van der Waals surface area contributed by atoms with E-state index in [1.165, 1.54) is 31.9 Å². The third-order valence-corrected chi connectivity index (χ3v) is 5.43. The Bertz CT molecular complexity index is 362. The Labute approximate surface area is 105 Å². The second kappa shape index (κ2) is 4.88.